The third-order valence-corrected chi connectivity index (χ3v) is 4.80. The molecule has 1 fully saturated rings. The minimum atomic E-state index is -0.382. The topological polar surface area (TPSA) is 72.6 Å². The number of esters is 1. The molecule has 1 aliphatic carbocycles. The van der Waals surface area contributed by atoms with E-state index in [0.717, 1.165) is 36.9 Å². The molecule has 0 bridgehead atoms. The third kappa shape index (κ3) is 4.16. The van der Waals surface area contributed by atoms with Gasteiger partial charge in [-0.15, -0.1) is 0 Å². The lowest BCUT2D eigenvalue weighted by Crippen LogP contribution is -2.46. The summed E-state index contributed by atoms with van der Waals surface area (Å²) in [5, 5.41) is 3.94. The molecule has 24 heavy (non-hydrogen) atoms. The number of amides is 1. The van der Waals surface area contributed by atoms with Crippen LogP contribution in [-0.2, 0) is 14.3 Å². The van der Waals surface area contributed by atoms with Crippen LogP contribution in [0.5, 0.6) is 0 Å². The molecule has 134 valence electrons. The van der Waals surface area contributed by atoms with E-state index in [0.29, 0.717) is 12.4 Å². The zero-order valence-electron chi connectivity index (χ0n) is 15.1. The fourth-order valence-electron chi connectivity index (χ4n) is 3.61. The molecule has 1 aliphatic rings. The highest BCUT2D eigenvalue weighted by Crippen LogP contribution is 2.29. The highest BCUT2D eigenvalue weighted by atomic mass is 16.5. The van der Waals surface area contributed by atoms with Gasteiger partial charge in [0, 0.05) is 11.6 Å². The van der Waals surface area contributed by atoms with E-state index in [1.807, 2.05) is 20.8 Å². The molecular weight excluding hydrogens is 308 g/mol. The predicted octanol–water partition coefficient (Wildman–Crippen LogP) is 3.12. The molecule has 0 N–H and O–H groups in total. The fourth-order valence-corrected chi connectivity index (χ4v) is 3.61. The van der Waals surface area contributed by atoms with Crippen LogP contribution in [0.15, 0.2) is 4.52 Å². The molecule has 0 spiro atoms. The van der Waals surface area contributed by atoms with Crippen LogP contribution in [0.3, 0.4) is 0 Å². The summed E-state index contributed by atoms with van der Waals surface area (Å²) in [6.45, 7) is 7.63. The van der Waals surface area contributed by atoms with Gasteiger partial charge in [-0.25, -0.2) is 0 Å². The number of aromatic nitrogens is 1. The first-order valence-electron chi connectivity index (χ1n) is 8.84. The molecule has 1 aromatic rings. The Morgan fingerprint density at radius 1 is 1.29 bits per heavy atom. The number of rotatable bonds is 6. The summed E-state index contributed by atoms with van der Waals surface area (Å²) < 4.78 is 10.3. The first kappa shape index (κ1) is 18.5. The van der Waals surface area contributed by atoms with Crippen molar-refractivity contribution in [2.45, 2.75) is 71.8 Å². The molecule has 1 heterocycles. The highest BCUT2D eigenvalue weighted by molar-refractivity contribution is 5.87. The maximum atomic E-state index is 13.1. The average molecular weight is 336 g/mol. The predicted molar refractivity (Wildman–Crippen MR) is 89.6 cm³/mol. The van der Waals surface area contributed by atoms with Crippen molar-refractivity contribution >= 4 is 11.9 Å². The van der Waals surface area contributed by atoms with Gasteiger partial charge in [-0.2, -0.15) is 0 Å². The largest absolute Gasteiger partial charge is 0.465 e. The number of carbonyl (C=O) groups is 2. The lowest BCUT2D eigenvalue weighted by Gasteiger charge is -2.35. The molecule has 2 rings (SSSR count). The van der Waals surface area contributed by atoms with Crippen molar-refractivity contribution in [1.82, 2.24) is 10.1 Å². The number of hydrogen-bond acceptors (Lipinski definition) is 5. The maximum absolute atomic E-state index is 13.1. The molecular formula is C18H28N2O4. The number of hydrogen-bond donors (Lipinski definition) is 0. The van der Waals surface area contributed by atoms with Crippen molar-refractivity contribution in [1.29, 1.82) is 0 Å². The SMILES string of the molecule is CCOC(=O)CN(C(=O)C(C)c1c(C)noc1C)C1CCCCC1. The van der Waals surface area contributed by atoms with Gasteiger partial charge >= 0.3 is 5.97 Å². The first-order chi connectivity index (χ1) is 11.5. The van der Waals surface area contributed by atoms with Gasteiger partial charge in [-0.05, 0) is 40.5 Å². The van der Waals surface area contributed by atoms with E-state index in [1.165, 1.54) is 6.42 Å². The average Bonchev–Trinajstić information content (AvgIpc) is 2.91. The molecule has 6 nitrogen and oxygen atoms in total. The van der Waals surface area contributed by atoms with Crippen molar-refractivity contribution in [2.24, 2.45) is 0 Å². The smallest absolute Gasteiger partial charge is 0.325 e. The normalized spacial score (nSPS) is 16.7. The van der Waals surface area contributed by atoms with Gasteiger partial charge in [0.15, 0.2) is 0 Å². The third-order valence-electron chi connectivity index (χ3n) is 4.80. The number of aryl methyl sites for hydroxylation is 2. The van der Waals surface area contributed by atoms with Crippen LogP contribution < -0.4 is 0 Å². The summed E-state index contributed by atoms with van der Waals surface area (Å²) in [5.74, 6) is -0.118. The zero-order valence-corrected chi connectivity index (χ0v) is 15.1. The van der Waals surface area contributed by atoms with Crippen LogP contribution in [0.4, 0.5) is 0 Å². The van der Waals surface area contributed by atoms with Gasteiger partial charge in [0.05, 0.1) is 18.2 Å². The Bertz CT molecular complexity index is 556. The van der Waals surface area contributed by atoms with Crippen molar-refractivity contribution < 1.29 is 18.8 Å². The Morgan fingerprint density at radius 3 is 2.50 bits per heavy atom. The summed E-state index contributed by atoms with van der Waals surface area (Å²) >= 11 is 0. The highest BCUT2D eigenvalue weighted by Gasteiger charge is 2.33. The van der Waals surface area contributed by atoms with E-state index in [1.54, 1.807) is 11.8 Å². The number of carbonyl (C=O) groups excluding carboxylic acids is 2. The van der Waals surface area contributed by atoms with Crippen LogP contribution in [0.1, 0.15) is 68.9 Å². The summed E-state index contributed by atoms with van der Waals surface area (Å²) in [7, 11) is 0. The standard InChI is InChI=1S/C18H28N2O4/c1-5-23-16(21)11-20(15-9-7-6-8-10-15)18(22)12(2)17-13(3)19-24-14(17)4/h12,15H,5-11H2,1-4H3. The summed E-state index contributed by atoms with van der Waals surface area (Å²) in [6.07, 6.45) is 5.27. The zero-order chi connectivity index (χ0) is 17.7. The second-order valence-electron chi connectivity index (χ2n) is 6.52. The molecule has 1 unspecified atom stereocenters. The van der Waals surface area contributed by atoms with Crippen LogP contribution >= 0.6 is 0 Å². The molecule has 1 aromatic heterocycles. The lowest BCUT2D eigenvalue weighted by molar-refractivity contribution is -0.151. The summed E-state index contributed by atoms with van der Waals surface area (Å²) in [4.78, 5) is 26.8. The molecule has 1 atom stereocenters. The van der Waals surface area contributed by atoms with E-state index in [9.17, 15) is 9.59 Å². The van der Waals surface area contributed by atoms with Crippen molar-refractivity contribution in [3.63, 3.8) is 0 Å². The number of nitrogens with zero attached hydrogens (tertiary/aromatic N) is 2. The quantitative estimate of drug-likeness (QED) is 0.746. The van der Waals surface area contributed by atoms with E-state index < -0.39 is 0 Å². The van der Waals surface area contributed by atoms with E-state index in [-0.39, 0.29) is 30.4 Å². The monoisotopic (exact) mass is 336 g/mol. The minimum Gasteiger partial charge on any atom is -0.465 e. The molecule has 0 aliphatic heterocycles. The fraction of sp³-hybridized carbons (Fsp3) is 0.722. The summed E-state index contributed by atoms with van der Waals surface area (Å²) in [6, 6.07) is 0.110. The van der Waals surface area contributed by atoms with Gasteiger partial charge < -0.3 is 14.2 Å². The Labute approximate surface area is 143 Å². The Balaban J connectivity index is 2.20. The maximum Gasteiger partial charge on any atom is 0.325 e. The minimum absolute atomic E-state index is 0.0189. The molecule has 0 aromatic carbocycles. The van der Waals surface area contributed by atoms with Gasteiger partial charge in [0.2, 0.25) is 5.91 Å². The van der Waals surface area contributed by atoms with Crippen LogP contribution in [-0.4, -0.2) is 41.1 Å². The van der Waals surface area contributed by atoms with Crippen molar-refractivity contribution in [2.75, 3.05) is 13.2 Å². The lowest BCUT2D eigenvalue weighted by atomic mass is 9.91. The molecule has 1 saturated carbocycles. The van der Waals surface area contributed by atoms with E-state index in [4.69, 9.17) is 9.26 Å². The Hall–Kier alpha value is -1.85. The molecule has 0 radical (unpaired) electrons. The molecule has 1 amide bonds. The summed E-state index contributed by atoms with van der Waals surface area (Å²) in [5.41, 5.74) is 1.55. The van der Waals surface area contributed by atoms with Gasteiger partial charge in [0.25, 0.3) is 0 Å². The second kappa shape index (κ2) is 8.31. The van der Waals surface area contributed by atoms with E-state index in [2.05, 4.69) is 5.16 Å². The van der Waals surface area contributed by atoms with E-state index >= 15 is 0 Å². The molecule has 0 saturated heterocycles. The van der Waals surface area contributed by atoms with Crippen LogP contribution in [0.25, 0.3) is 0 Å². The Morgan fingerprint density at radius 2 is 1.96 bits per heavy atom. The Kier molecular flexibility index (Phi) is 6.40. The van der Waals surface area contributed by atoms with Gasteiger partial charge in [-0.1, -0.05) is 24.4 Å². The first-order valence-corrected chi connectivity index (χ1v) is 8.84. The van der Waals surface area contributed by atoms with Crippen molar-refractivity contribution in [3.05, 3.63) is 17.0 Å². The number of ether oxygens (including phenoxy) is 1. The molecule has 6 heteroatoms. The van der Waals surface area contributed by atoms with Gasteiger partial charge in [-0.3, -0.25) is 9.59 Å². The van der Waals surface area contributed by atoms with Crippen LogP contribution in [0.2, 0.25) is 0 Å². The van der Waals surface area contributed by atoms with Crippen LogP contribution in [0, 0.1) is 13.8 Å². The second-order valence-corrected chi connectivity index (χ2v) is 6.52. The van der Waals surface area contributed by atoms with Gasteiger partial charge in [0.1, 0.15) is 12.3 Å². The van der Waals surface area contributed by atoms with Crippen molar-refractivity contribution in [3.8, 4) is 0 Å².